The number of carbonyl (C=O) groups excluding carboxylic acids is 2. The van der Waals surface area contributed by atoms with Gasteiger partial charge in [-0.05, 0) is 36.6 Å². The van der Waals surface area contributed by atoms with Gasteiger partial charge in [0.05, 0.1) is 0 Å². The highest BCUT2D eigenvalue weighted by Crippen LogP contribution is 2.32. The third-order valence-electron chi connectivity index (χ3n) is 5.13. The Morgan fingerprint density at radius 1 is 1.04 bits per heavy atom. The molecule has 0 unspecified atom stereocenters. The van der Waals surface area contributed by atoms with Crippen LogP contribution in [0, 0.1) is 0 Å². The molecule has 0 atom stereocenters. The molecule has 0 radical (unpaired) electrons. The first kappa shape index (κ1) is 16.6. The van der Waals surface area contributed by atoms with E-state index < -0.39 is 0 Å². The van der Waals surface area contributed by atoms with E-state index in [9.17, 15) is 9.59 Å². The van der Waals surface area contributed by atoms with Crippen molar-refractivity contribution in [1.29, 1.82) is 0 Å². The van der Waals surface area contributed by atoms with Crippen LogP contribution in [-0.2, 0) is 11.2 Å². The molecule has 0 spiro atoms. The van der Waals surface area contributed by atoms with Crippen LogP contribution in [0.1, 0.15) is 22.3 Å². The molecule has 1 aromatic heterocycles. The molecule has 4 rings (SSSR count). The van der Waals surface area contributed by atoms with E-state index in [1.807, 2.05) is 17.0 Å². The van der Waals surface area contributed by atoms with Crippen LogP contribution in [0.15, 0.2) is 42.6 Å². The number of benzene rings is 1. The zero-order valence-electron chi connectivity index (χ0n) is 14.7. The van der Waals surface area contributed by atoms with Crippen molar-refractivity contribution in [2.45, 2.75) is 12.8 Å². The summed E-state index contributed by atoms with van der Waals surface area (Å²) >= 11 is 0. The number of rotatable bonds is 3. The number of nitrogens with zero attached hydrogens (tertiary/aromatic N) is 4. The van der Waals surface area contributed by atoms with Crippen LogP contribution in [-0.4, -0.2) is 59.8 Å². The molecule has 2 aliphatic rings. The third-order valence-corrected chi connectivity index (χ3v) is 5.13. The fourth-order valence-corrected chi connectivity index (χ4v) is 3.68. The fourth-order valence-electron chi connectivity index (χ4n) is 3.68. The summed E-state index contributed by atoms with van der Waals surface area (Å²) in [6.45, 7) is 3.22. The zero-order chi connectivity index (χ0) is 17.9. The standard InChI is InChI=1S/C20H22N4O2/c25-15-22-10-12-23(13-11-22)20(26)17-7-8-21-19(14-17)24-9-3-5-16-4-1-2-6-18(16)24/h1-2,4,6-8,14-15H,3,5,9-13H2. The minimum atomic E-state index is 0.00416. The van der Waals surface area contributed by atoms with Gasteiger partial charge >= 0.3 is 0 Å². The maximum absolute atomic E-state index is 12.8. The molecule has 0 bridgehead atoms. The highest BCUT2D eigenvalue weighted by Gasteiger charge is 2.23. The van der Waals surface area contributed by atoms with E-state index in [1.165, 1.54) is 11.3 Å². The molecule has 1 fully saturated rings. The zero-order valence-corrected chi connectivity index (χ0v) is 14.7. The lowest BCUT2D eigenvalue weighted by atomic mass is 10.0. The molecule has 1 aromatic carbocycles. The highest BCUT2D eigenvalue weighted by molar-refractivity contribution is 5.95. The van der Waals surface area contributed by atoms with Gasteiger partial charge in [-0.25, -0.2) is 4.98 Å². The summed E-state index contributed by atoms with van der Waals surface area (Å²) in [4.78, 5) is 33.9. The number of aryl methyl sites for hydroxylation is 1. The molecule has 2 amide bonds. The maximum Gasteiger partial charge on any atom is 0.254 e. The van der Waals surface area contributed by atoms with Crippen molar-refractivity contribution in [3.63, 3.8) is 0 Å². The molecule has 26 heavy (non-hydrogen) atoms. The van der Waals surface area contributed by atoms with Gasteiger partial charge in [0.15, 0.2) is 0 Å². The molecule has 0 aliphatic carbocycles. The van der Waals surface area contributed by atoms with Crippen LogP contribution in [0.4, 0.5) is 11.5 Å². The van der Waals surface area contributed by atoms with Crippen LogP contribution in [0.2, 0.25) is 0 Å². The third kappa shape index (κ3) is 3.14. The van der Waals surface area contributed by atoms with Gasteiger partial charge in [0, 0.05) is 50.2 Å². The first-order chi connectivity index (χ1) is 12.8. The van der Waals surface area contributed by atoms with Crippen molar-refractivity contribution in [3.05, 3.63) is 53.7 Å². The quantitative estimate of drug-likeness (QED) is 0.796. The summed E-state index contributed by atoms with van der Waals surface area (Å²) in [5, 5.41) is 0. The van der Waals surface area contributed by atoms with E-state index in [4.69, 9.17) is 0 Å². The van der Waals surface area contributed by atoms with Crippen LogP contribution >= 0.6 is 0 Å². The average molecular weight is 350 g/mol. The molecule has 2 aromatic rings. The van der Waals surface area contributed by atoms with Gasteiger partial charge in [0.25, 0.3) is 5.91 Å². The Balaban J connectivity index is 1.56. The molecule has 134 valence electrons. The Bertz CT molecular complexity index is 815. The second-order valence-corrected chi connectivity index (χ2v) is 6.72. The summed E-state index contributed by atoms with van der Waals surface area (Å²) in [6.07, 6.45) is 4.71. The number of fused-ring (bicyclic) bond motifs is 1. The van der Waals surface area contributed by atoms with Gasteiger partial charge in [-0.2, -0.15) is 0 Å². The molecule has 6 nitrogen and oxygen atoms in total. The number of anilines is 2. The van der Waals surface area contributed by atoms with Gasteiger partial charge in [0.1, 0.15) is 5.82 Å². The lowest BCUT2D eigenvalue weighted by Gasteiger charge is -2.33. The lowest BCUT2D eigenvalue weighted by molar-refractivity contribution is -0.119. The van der Waals surface area contributed by atoms with Gasteiger partial charge < -0.3 is 14.7 Å². The summed E-state index contributed by atoms with van der Waals surface area (Å²) in [5.41, 5.74) is 3.15. The van der Waals surface area contributed by atoms with Crippen LogP contribution in [0.3, 0.4) is 0 Å². The van der Waals surface area contributed by atoms with Gasteiger partial charge in [-0.3, -0.25) is 9.59 Å². The van der Waals surface area contributed by atoms with Gasteiger partial charge in [-0.15, -0.1) is 0 Å². The van der Waals surface area contributed by atoms with Crippen molar-refractivity contribution >= 4 is 23.8 Å². The van der Waals surface area contributed by atoms with E-state index in [1.54, 1.807) is 17.2 Å². The number of hydrogen-bond acceptors (Lipinski definition) is 4. The molecule has 3 heterocycles. The maximum atomic E-state index is 12.8. The largest absolute Gasteiger partial charge is 0.342 e. The fraction of sp³-hybridized carbons (Fsp3) is 0.350. The van der Waals surface area contributed by atoms with E-state index in [0.29, 0.717) is 31.7 Å². The summed E-state index contributed by atoms with van der Waals surface area (Å²) in [6, 6.07) is 12.0. The molecular formula is C20H22N4O2. The SMILES string of the molecule is O=CN1CCN(C(=O)c2ccnc(N3CCCc4ccccc43)c2)CC1. The number of aromatic nitrogens is 1. The van der Waals surface area contributed by atoms with Crippen molar-refractivity contribution in [1.82, 2.24) is 14.8 Å². The van der Waals surface area contributed by atoms with Crippen LogP contribution < -0.4 is 4.90 Å². The summed E-state index contributed by atoms with van der Waals surface area (Å²) in [7, 11) is 0. The Labute approximate surface area is 153 Å². The minimum Gasteiger partial charge on any atom is -0.342 e. The van der Waals surface area contributed by atoms with Crippen LogP contribution in [0.5, 0.6) is 0 Å². The number of para-hydroxylation sites is 1. The van der Waals surface area contributed by atoms with E-state index >= 15 is 0 Å². The highest BCUT2D eigenvalue weighted by atomic mass is 16.2. The Hall–Kier alpha value is -2.89. The Morgan fingerprint density at radius 3 is 2.65 bits per heavy atom. The van der Waals surface area contributed by atoms with Crippen LogP contribution in [0.25, 0.3) is 0 Å². The number of amides is 2. The van der Waals surface area contributed by atoms with E-state index in [2.05, 4.69) is 28.1 Å². The van der Waals surface area contributed by atoms with Crippen molar-refractivity contribution in [2.75, 3.05) is 37.6 Å². The molecule has 2 aliphatic heterocycles. The monoisotopic (exact) mass is 350 g/mol. The number of carbonyl (C=O) groups is 2. The first-order valence-electron chi connectivity index (χ1n) is 9.06. The molecule has 0 saturated carbocycles. The average Bonchev–Trinajstić information content (AvgIpc) is 2.73. The predicted octanol–water partition coefficient (Wildman–Crippen LogP) is 2.08. The lowest BCUT2D eigenvalue weighted by Crippen LogP contribution is -2.48. The smallest absolute Gasteiger partial charge is 0.254 e. The number of hydrogen-bond donors (Lipinski definition) is 0. The number of pyridine rings is 1. The first-order valence-corrected chi connectivity index (χ1v) is 9.06. The van der Waals surface area contributed by atoms with Gasteiger partial charge in [0.2, 0.25) is 6.41 Å². The Kier molecular flexibility index (Phi) is 4.56. The van der Waals surface area contributed by atoms with Crippen molar-refractivity contribution in [3.8, 4) is 0 Å². The molecular weight excluding hydrogens is 328 g/mol. The summed E-state index contributed by atoms with van der Waals surface area (Å²) < 4.78 is 0. The minimum absolute atomic E-state index is 0.00416. The molecule has 1 saturated heterocycles. The Morgan fingerprint density at radius 2 is 1.85 bits per heavy atom. The summed E-state index contributed by atoms with van der Waals surface area (Å²) in [5.74, 6) is 0.819. The van der Waals surface area contributed by atoms with Crippen molar-refractivity contribution in [2.24, 2.45) is 0 Å². The van der Waals surface area contributed by atoms with E-state index in [-0.39, 0.29) is 5.91 Å². The molecule has 6 heteroatoms. The second-order valence-electron chi connectivity index (χ2n) is 6.72. The molecule has 0 N–H and O–H groups in total. The number of piperazine rings is 1. The van der Waals surface area contributed by atoms with Crippen molar-refractivity contribution < 1.29 is 9.59 Å². The van der Waals surface area contributed by atoms with Gasteiger partial charge in [-0.1, -0.05) is 18.2 Å². The predicted molar refractivity (Wildman–Crippen MR) is 99.5 cm³/mol. The normalized spacial score (nSPS) is 17.0. The second kappa shape index (κ2) is 7.15. The van der Waals surface area contributed by atoms with E-state index in [0.717, 1.165) is 31.6 Å². The topological polar surface area (TPSA) is 56.8 Å².